The van der Waals surface area contributed by atoms with E-state index in [9.17, 15) is 0 Å². The van der Waals surface area contributed by atoms with Gasteiger partial charge in [-0.2, -0.15) is 0 Å². The summed E-state index contributed by atoms with van der Waals surface area (Å²) in [5.74, 6) is -0.860. The van der Waals surface area contributed by atoms with Gasteiger partial charge in [-0.15, -0.1) is 0 Å². The summed E-state index contributed by atoms with van der Waals surface area (Å²) in [6.07, 6.45) is 8.13. The molecule has 0 aromatic heterocycles. The van der Waals surface area contributed by atoms with Crippen molar-refractivity contribution in [1.82, 2.24) is 0 Å². The molecule has 0 nitrogen and oxygen atoms in total. The second-order valence-corrected chi connectivity index (χ2v) is 53.5. The van der Waals surface area contributed by atoms with Gasteiger partial charge < -0.3 is 0 Å². The van der Waals surface area contributed by atoms with Crippen LogP contribution in [0.25, 0.3) is 23.3 Å². The van der Waals surface area contributed by atoms with Crippen LogP contribution in [0.3, 0.4) is 0 Å². The molecule has 0 saturated carbocycles. The number of rotatable bonds is 6. The van der Waals surface area contributed by atoms with Crippen molar-refractivity contribution in [1.29, 1.82) is 0 Å². The molecular weight excluding hydrogens is 563 g/mol. The van der Waals surface area contributed by atoms with Crippen molar-refractivity contribution < 1.29 is 15.6 Å². The van der Waals surface area contributed by atoms with Gasteiger partial charge in [0.25, 0.3) is 0 Å². The standard InChI is InChI=1S/C20H21.C9H7.C2H7Si.2ClH.Zr/c1-4-15(3)16-8-10-17(11-9-16)19-7-5-6-18-12-14(2)13-20(18)19;1-2-5-9-7-3-6-8(9)4-1;1-3-2;;;/h5-13,15H,4H2,1-3H3;1-7H;3H,1-2H3;2*1H;/q;;;;;+2/p-2. The van der Waals surface area contributed by atoms with Crippen LogP contribution in [0, 0.1) is 0 Å². The first-order chi connectivity index (χ1) is 16.7. The van der Waals surface area contributed by atoms with Crippen LogP contribution < -0.4 is 0 Å². The van der Waals surface area contributed by atoms with Crippen molar-refractivity contribution in [2.75, 3.05) is 0 Å². The maximum absolute atomic E-state index is 8.11. The summed E-state index contributed by atoms with van der Waals surface area (Å²) in [7, 11) is 16.2. The zero-order chi connectivity index (χ0) is 25.0. The van der Waals surface area contributed by atoms with Gasteiger partial charge in [-0.25, -0.2) is 0 Å². The number of benzene rings is 3. The molecule has 0 spiro atoms. The minimum absolute atomic E-state index is 0.154. The monoisotopic (exact) mass is 595 g/mol. The first-order valence-electron chi connectivity index (χ1n) is 12.9. The number of hydrogen-bond acceptors (Lipinski definition) is 0. The van der Waals surface area contributed by atoms with E-state index in [0.29, 0.717) is 5.92 Å². The molecule has 0 amide bonds. The molecule has 35 heavy (non-hydrogen) atoms. The quantitative estimate of drug-likeness (QED) is 0.248. The average molecular weight is 598 g/mol. The van der Waals surface area contributed by atoms with Crippen molar-refractivity contribution in [2.24, 2.45) is 0 Å². The van der Waals surface area contributed by atoms with E-state index < -0.39 is 21.5 Å². The van der Waals surface area contributed by atoms with Crippen LogP contribution in [-0.4, -0.2) is 5.92 Å². The summed E-state index contributed by atoms with van der Waals surface area (Å²) in [4.78, 5) is 0. The summed E-state index contributed by atoms with van der Waals surface area (Å²) in [5, 5.41) is 0. The molecule has 0 fully saturated rings. The van der Waals surface area contributed by atoms with E-state index in [2.05, 4.69) is 119 Å². The predicted molar refractivity (Wildman–Crippen MR) is 156 cm³/mol. The molecule has 4 heteroatoms. The Bertz CT molecular complexity index is 1340. The molecule has 0 bridgehead atoms. The Labute approximate surface area is 219 Å². The summed E-state index contributed by atoms with van der Waals surface area (Å²) >= 11 is -4.44. The predicted octanol–water partition coefficient (Wildman–Crippen LogP) is 10.1. The Morgan fingerprint density at radius 1 is 0.914 bits per heavy atom. The Hall–Kier alpha value is -1.18. The summed E-state index contributed by atoms with van der Waals surface area (Å²) in [6.45, 7) is 11.6. The van der Waals surface area contributed by atoms with E-state index in [1.165, 1.54) is 44.5 Å². The van der Waals surface area contributed by atoms with Gasteiger partial charge in [-0.1, -0.05) is 0 Å². The van der Waals surface area contributed by atoms with Gasteiger partial charge >= 0.3 is 221 Å². The third-order valence-electron chi connectivity index (χ3n) is 8.73. The molecule has 3 atom stereocenters. The van der Waals surface area contributed by atoms with E-state index in [0.717, 1.165) is 6.42 Å². The van der Waals surface area contributed by atoms with Crippen LogP contribution in [-0.2, 0) is 15.6 Å². The van der Waals surface area contributed by atoms with Crippen LogP contribution in [0.15, 0.2) is 78.4 Å². The van der Waals surface area contributed by atoms with Crippen LogP contribution in [0.4, 0.5) is 0 Å². The molecule has 0 radical (unpaired) electrons. The molecule has 0 heterocycles. The molecule has 0 aliphatic heterocycles. The third-order valence-corrected chi connectivity index (χ3v) is 60.9. The van der Waals surface area contributed by atoms with Crippen molar-refractivity contribution in [3.05, 3.63) is 106 Å². The van der Waals surface area contributed by atoms with Crippen molar-refractivity contribution in [3.63, 3.8) is 0 Å². The number of fused-ring (bicyclic) bond motifs is 2. The molecule has 3 aromatic rings. The molecule has 3 aromatic carbocycles. The van der Waals surface area contributed by atoms with E-state index in [1.807, 2.05) is 0 Å². The van der Waals surface area contributed by atoms with Crippen LogP contribution in [0.5, 0.6) is 0 Å². The second kappa shape index (κ2) is 9.29. The zero-order valence-corrected chi connectivity index (χ0v) is 26.5. The zero-order valence-electron chi connectivity index (χ0n) is 21.4. The molecule has 3 unspecified atom stereocenters. The molecule has 0 saturated heterocycles. The minimum atomic E-state index is -4.44. The van der Waals surface area contributed by atoms with Gasteiger partial charge in [0.05, 0.1) is 0 Å². The molecule has 5 rings (SSSR count). The fourth-order valence-electron chi connectivity index (χ4n) is 6.37. The van der Waals surface area contributed by atoms with Gasteiger partial charge in [-0.3, -0.25) is 0 Å². The second-order valence-electron chi connectivity index (χ2n) is 10.9. The topological polar surface area (TPSA) is 0 Å². The normalized spacial score (nSPS) is 20.8. The van der Waals surface area contributed by atoms with Gasteiger partial charge in [0.15, 0.2) is 0 Å². The SMILES string of the molecule is CCC(C)c1ccc(-c2cccc3c2C=C(C)[CH]3[Zr]([Cl])([Cl])([CH]2C=Cc3ccccc32)[SiH](C)C)cc1. The van der Waals surface area contributed by atoms with Crippen molar-refractivity contribution in [3.8, 4) is 11.1 Å². The Kier molecular flexibility index (Phi) is 6.76. The number of hydrogen-bond donors (Lipinski definition) is 0. The molecule has 0 N–H and O–H groups in total. The van der Waals surface area contributed by atoms with Gasteiger partial charge in [-0.05, 0) is 0 Å². The molecule has 181 valence electrons. The fraction of sp³-hybridized carbons (Fsp3) is 0.290. The van der Waals surface area contributed by atoms with Crippen molar-refractivity contribution >= 4 is 35.1 Å². The first kappa shape index (κ1) is 25.5. The van der Waals surface area contributed by atoms with Crippen molar-refractivity contribution in [2.45, 2.75) is 53.5 Å². The average Bonchev–Trinajstić information content (AvgIpc) is 3.45. The van der Waals surface area contributed by atoms with Crippen LogP contribution >= 0.6 is 17.0 Å². The molecular formula is C31H35Cl2SiZr. The fourth-order valence-corrected chi connectivity index (χ4v) is 36.5. The van der Waals surface area contributed by atoms with Gasteiger partial charge in [0.2, 0.25) is 0 Å². The van der Waals surface area contributed by atoms with E-state index in [1.54, 1.807) is 0 Å². The van der Waals surface area contributed by atoms with Crippen LogP contribution in [0.2, 0.25) is 13.1 Å². The van der Waals surface area contributed by atoms with E-state index >= 15 is 0 Å². The number of allylic oxidation sites excluding steroid dienone is 2. The van der Waals surface area contributed by atoms with Gasteiger partial charge in [0.1, 0.15) is 0 Å². The van der Waals surface area contributed by atoms with E-state index in [4.69, 9.17) is 17.0 Å². The van der Waals surface area contributed by atoms with Crippen LogP contribution in [0.1, 0.15) is 68.2 Å². The Balaban J connectivity index is 1.64. The molecule has 2 aliphatic carbocycles. The van der Waals surface area contributed by atoms with E-state index in [-0.39, 0.29) is 7.25 Å². The Morgan fingerprint density at radius 3 is 2.29 bits per heavy atom. The first-order valence-corrected chi connectivity index (χ1v) is 29.2. The summed E-state index contributed by atoms with van der Waals surface area (Å²) in [6, 6.07) is 24.6. The van der Waals surface area contributed by atoms with Gasteiger partial charge in [0, 0.05) is 0 Å². The Morgan fingerprint density at radius 2 is 1.60 bits per heavy atom. The molecule has 2 aliphatic rings. The third kappa shape index (κ3) is 3.95. The number of halogens is 2. The summed E-state index contributed by atoms with van der Waals surface area (Å²) in [5.41, 5.74) is 10.6. The summed E-state index contributed by atoms with van der Waals surface area (Å²) < 4.78 is 0.321. The maximum atomic E-state index is 8.11.